The average molecular weight is 546 g/mol. The molecular formula is C31H35N3O6. The van der Waals surface area contributed by atoms with Gasteiger partial charge < -0.3 is 9.64 Å². The number of carbonyl (C=O) groups is 5. The largest absolute Gasteiger partial charge is 0.456 e. The van der Waals surface area contributed by atoms with Crippen LogP contribution in [0.15, 0.2) is 42.5 Å². The van der Waals surface area contributed by atoms with Gasteiger partial charge in [-0.25, -0.2) is 4.79 Å². The number of amides is 4. The van der Waals surface area contributed by atoms with Crippen molar-refractivity contribution in [2.45, 2.75) is 70.9 Å². The summed E-state index contributed by atoms with van der Waals surface area (Å²) in [5.74, 6) is -1.75. The summed E-state index contributed by atoms with van der Waals surface area (Å²) in [6, 6.07) is 11.9. The Kier molecular flexibility index (Phi) is 7.49. The number of nitrogens with one attached hydrogen (secondary N) is 1. The molecule has 5 rings (SSSR count). The first-order valence-electron chi connectivity index (χ1n) is 13.9. The van der Waals surface area contributed by atoms with Crippen molar-refractivity contribution in [1.29, 1.82) is 0 Å². The van der Waals surface area contributed by atoms with Gasteiger partial charge in [0, 0.05) is 25.2 Å². The Bertz CT molecular complexity index is 1350. The lowest BCUT2D eigenvalue weighted by Crippen LogP contribution is -2.54. The molecule has 3 aliphatic rings. The van der Waals surface area contributed by atoms with E-state index in [1.165, 1.54) is 0 Å². The first-order valence-corrected chi connectivity index (χ1v) is 13.9. The third kappa shape index (κ3) is 5.64. The van der Waals surface area contributed by atoms with Gasteiger partial charge in [0.15, 0.2) is 0 Å². The van der Waals surface area contributed by atoms with Gasteiger partial charge >= 0.3 is 5.97 Å². The third-order valence-electron chi connectivity index (χ3n) is 7.86. The number of nitrogens with zero attached hydrogens (tertiary/aromatic N) is 2. The zero-order chi connectivity index (χ0) is 28.6. The molecule has 0 spiro atoms. The number of piperidine rings is 2. The molecule has 9 nitrogen and oxygen atoms in total. The minimum atomic E-state index is -0.958. The summed E-state index contributed by atoms with van der Waals surface area (Å²) >= 11 is 0. The zero-order valence-electron chi connectivity index (χ0n) is 23.2. The number of hydrogen-bond acceptors (Lipinski definition) is 7. The van der Waals surface area contributed by atoms with Crippen molar-refractivity contribution in [2.24, 2.45) is 5.92 Å². The quantitative estimate of drug-likeness (QED) is 0.433. The van der Waals surface area contributed by atoms with E-state index in [-0.39, 0.29) is 24.7 Å². The van der Waals surface area contributed by atoms with Crippen LogP contribution in [0.3, 0.4) is 0 Å². The molecule has 0 aromatic heterocycles. The smallest absolute Gasteiger partial charge is 0.338 e. The van der Waals surface area contributed by atoms with E-state index < -0.39 is 29.4 Å². The molecule has 2 fully saturated rings. The number of aryl methyl sites for hydroxylation is 1. The van der Waals surface area contributed by atoms with Gasteiger partial charge in [-0.3, -0.25) is 29.4 Å². The Morgan fingerprint density at radius 1 is 0.950 bits per heavy atom. The van der Waals surface area contributed by atoms with E-state index in [1.54, 1.807) is 12.1 Å². The monoisotopic (exact) mass is 545 g/mol. The topological polar surface area (TPSA) is 113 Å². The van der Waals surface area contributed by atoms with Gasteiger partial charge in [-0.05, 0) is 94.7 Å². The van der Waals surface area contributed by atoms with Crippen molar-refractivity contribution in [2.75, 3.05) is 18.0 Å². The van der Waals surface area contributed by atoms with E-state index in [9.17, 15) is 24.0 Å². The van der Waals surface area contributed by atoms with Crippen LogP contribution in [0.4, 0.5) is 5.69 Å². The molecule has 9 heteroatoms. The molecule has 3 heterocycles. The summed E-state index contributed by atoms with van der Waals surface area (Å²) in [4.78, 5) is 66.0. The highest BCUT2D eigenvalue weighted by Crippen LogP contribution is 2.32. The number of esters is 1. The number of anilines is 1. The number of fused-ring (bicyclic) bond motifs is 1. The van der Waals surface area contributed by atoms with Gasteiger partial charge in [-0.1, -0.05) is 12.1 Å². The number of carbonyl (C=O) groups excluding carboxylic acids is 5. The van der Waals surface area contributed by atoms with Crippen molar-refractivity contribution in [3.63, 3.8) is 0 Å². The lowest BCUT2D eigenvalue weighted by molar-refractivity contribution is -0.136. The average Bonchev–Trinajstić information content (AvgIpc) is 3.17. The summed E-state index contributed by atoms with van der Waals surface area (Å²) in [6.07, 6.45) is 3.80. The van der Waals surface area contributed by atoms with Crippen LogP contribution in [0, 0.1) is 5.92 Å². The van der Waals surface area contributed by atoms with Crippen molar-refractivity contribution < 1.29 is 28.7 Å². The fourth-order valence-electron chi connectivity index (χ4n) is 5.78. The van der Waals surface area contributed by atoms with E-state index in [4.69, 9.17) is 4.74 Å². The molecule has 0 aliphatic carbocycles. The van der Waals surface area contributed by atoms with Gasteiger partial charge in [0.25, 0.3) is 11.8 Å². The maximum Gasteiger partial charge on any atom is 0.338 e. The zero-order valence-corrected chi connectivity index (χ0v) is 23.2. The molecule has 40 heavy (non-hydrogen) atoms. The van der Waals surface area contributed by atoms with E-state index in [0.29, 0.717) is 29.0 Å². The Morgan fingerprint density at radius 2 is 1.65 bits per heavy atom. The predicted octanol–water partition coefficient (Wildman–Crippen LogP) is 3.89. The number of rotatable bonds is 6. The normalized spacial score (nSPS) is 20.0. The molecule has 1 unspecified atom stereocenters. The number of imide groups is 2. The lowest BCUT2D eigenvalue weighted by Gasteiger charge is -2.34. The maximum absolute atomic E-state index is 13.3. The SMILES string of the molecule is CC(C)(C)OC(=O)c1ccc(N2CCC(CCc3cccc4c3C(=O)N(C3CCC(=O)NC3=O)C4=O)CC2)cc1. The summed E-state index contributed by atoms with van der Waals surface area (Å²) in [5.41, 5.74) is 2.62. The highest BCUT2D eigenvalue weighted by atomic mass is 16.6. The van der Waals surface area contributed by atoms with Crippen LogP contribution >= 0.6 is 0 Å². The van der Waals surface area contributed by atoms with Crippen molar-refractivity contribution in [3.05, 3.63) is 64.7 Å². The van der Waals surface area contributed by atoms with Crippen LogP contribution in [-0.4, -0.2) is 59.2 Å². The number of benzene rings is 2. The molecule has 0 bridgehead atoms. The summed E-state index contributed by atoms with van der Waals surface area (Å²) in [7, 11) is 0. The van der Waals surface area contributed by atoms with Gasteiger partial charge in [0.2, 0.25) is 11.8 Å². The first kappa shape index (κ1) is 27.6. The maximum atomic E-state index is 13.3. The summed E-state index contributed by atoms with van der Waals surface area (Å²) < 4.78 is 5.45. The second-order valence-electron chi connectivity index (χ2n) is 11.8. The van der Waals surface area contributed by atoms with Crippen LogP contribution in [0.5, 0.6) is 0 Å². The Balaban J connectivity index is 1.18. The first-order chi connectivity index (χ1) is 19.0. The predicted molar refractivity (Wildman–Crippen MR) is 148 cm³/mol. The second-order valence-corrected chi connectivity index (χ2v) is 11.8. The molecule has 0 saturated carbocycles. The molecule has 2 aromatic rings. The molecule has 1 atom stereocenters. The minimum absolute atomic E-state index is 0.100. The van der Waals surface area contributed by atoms with E-state index >= 15 is 0 Å². The molecular weight excluding hydrogens is 510 g/mol. The fourth-order valence-corrected chi connectivity index (χ4v) is 5.78. The highest BCUT2D eigenvalue weighted by molar-refractivity contribution is 6.24. The molecule has 3 aliphatic heterocycles. The van der Waals surface area contributed by atoms with Crippen molar-refractivity contribution in [1.82, 2.24) is 10.2 Å². The molecule has 1 N–H and O–H groups in total. The van der Waals surface area contributed by atoms with Crippen LogP contribution in [-0.2, 0) is 20.7 Å². The number of ether oxygens (including phenoxy) is 1. The standard InChI is InChI=1S/C31H35N3O6/c1-31(2,3)40-30(39)21-9-11-22(12-10-21)33-17-15-19(16-18-33)7-8-20-5-4-6-23-26(20)29(38)34(28(23)37)24-13-14-25(35)32-27(24)36/h4-6,9-12,19,24H,7-8,13-18H2,1-3H3,(H,32,35,36). The van der Waals surface area contributed by atoms with E-state index in [2.05, 4.69) is 10.2 Å². The minimum Gasteiger partial charge on any atom is -0.456 e. The van der Waals surface area contributed by atoms with Crippen LogP contribution in [0.25, 0.3) is 0 Å². The molecule has 2 aromatic carbocycles. The third-order valence-corrected chi connectivity index (χ3v) is 7.86. The van der Waals surface area contributed by atoms with Gasteiger partial charge in [0.1, 0.15) is 11.6 Å². The molecule has 0 radical (unpaired) electrons. The van der Waals surface area contributed by atoms with Gasteiger partial charge in [-0.2, -0.15) is 0 Å². The fraction of sp³-hybridized carbons (Fsp3) is 0.452. The summed E-state index contributed by atoms with van der Waals surface area (Å²) in [6.45, 7) is 7.33. The Labute approximate surface area is 233 Å². The molecule has 210 valence electrons. The lowest BCUT2D eigenvalue weighted by atomic mass is 9.88. The van der Waals surface area contributed by atoms with Crippen molar-refractivity contribution in [3.8, 4) is 0 Å². The van der Waals surface area contributed by atoms with E-state index in [0.717, 1.165) is 48.5 Å². The van der Waals surface area contributed by atoms with Crippen LogP contribution in [0.2, 0.25) is 0 Å². The Hall–Kier alpha value is -4.01. The van der Waals surface area contributed by atoms with Crippen LogP contribution < -0.4 is 10.2 Å². The second kappa shape index (κ2) is 10.9. The highest BCUT2D eigenvalue weighted by Gasteiger charge is 2.45. The molecule has 2 saturated heterocycles. The summed E-state index contributed by atoms with van der Waals surface area (Å²) in [5, 5.41) is 2.24. The van der Waals surface area contributed by atoms with E-state index in [1.807, 2.05) is 51.1 Å². The van der Waals surface area contributed by atoms with Gasteiger partial charge in [-0.15, -0.1) is 0 Å². The Morgan fingerprint density at radius 3 is 2.30 bits per heavy atom. The van der Waals surface area contributed by atoms with Gasteiger partial charge in [0.05, 0.1) is 16.7 Å². The number of hydrogen-bond donors (Lipinski definition) is 1. The van der Waals surface area contributed by atoms with Crippen molar-refractivity contribution >= 4 is 35.3 Å². The van der Waals surface area contributed by atoms with Crippen LogP contribution in [0.1, 0.15) is 89.5 Å². The molecule has 4 amide bonds.